The molecule has 2 heterocycles. The number of benzene rings is 1. The summed E-state index contributed by atoms with van der Waals surface area (Å²) in [7, 11) is 1.85. The van der Waals surface area contributed by atoms with E-state index < -0.39 is 0 Å². The Morgan fingerprint density at radius 3 is 2.86 bits per heavy atom. The number of guanidine groups is 1. The fourth-order valence-electron chi connectivity index (χ4n) is 3.03. The Morgan fingerprint density at radius 1 is 1.27 bits per heavy atom. The van der Waals surface area contributed by atoms with Gasteiger partial charge >= 0.3 is 0 Å². The van der Waals surface area contributed by atoms with Crippen LogP contribution in [0.25, 0.3) is 0 Å². The number of hydrogen-bond acceptors (Lipinski definition) is 2. The summed E-state index contributed by atoms with van der Waals surface area (Å²) in [4.78, 5) is 6.76. The summed E-state index contributed by atoms with van der Waals surface area (Å²) in [5.74, 6) is 2.60. The van der Waals surface area contributed by atoms with Gasteiger partial charge in [-0.2, -0.15) is 0 Å². The number of hydrogen-bond donors (Lipinski definition) is 1. The van der Waals surface area contributed by atoms with Gasteiger partial charge in [-0.15, -0.1) is 0 Å². The normalized spacial score (nSPS) is 18.7. The minimum Gasteiger partial charge on any atom is -0.469 e. The smallest absolute Gasteiger partial charge is 0.193 e. The zero-order valence-electron chi connectivity index (χ0n) is 13.0. The first-order valence-corrected chi connectivity index (χ1v) is 7.90. The average molecular weight is 297 g/mol. The molecule has 4 nitrogen and oxygen atoms in total. The number of nitrogens with zero attached hydrogens (tertiary/aromatic N) is 2. The van der Waals surface area contributed by atoms with Crippen molar-refractivity contribution in [1.29, 1.82) is 0 Å². The number of rotatable bonds is 4. The Hall–Kier alpha value is -2.23. The third kappa shape index (κ3) is 3.50. The molecule has 1 aromatic carbocycles. The van der Waals surface area contributed by atoms with Crippen molar-refractivity contribution in [1.82, 2.24) is 10.2 Å². The summed E-state index contributed by atoms with van der Waals surface area (Å²) in [5, 5.41) is 3.44. The van der Waals surface area contributed by atoms with Crippen LogP contribution in [0.5, 0.6) is 0 Å². The van der Waals surface area contributed by atoms with Gasteiger partial charge in [0, 0.05) is 39.0 Å². The fraction of sp³-hybridized carbons (Fsp3) is 0.389. The van der Waals surface area contributed by atoms with Crippen LogP contribution in [0.3, 0.4) is 0 Å². The van der Waals surface area contributed by atoms with Crippen LogP contribution in [0.15, 0.2) is 58.1 Å². The van der Waals surface area contributed by atoms with Crippen LogP contribution in [0, 0.1) is 0 Å². The number of nitrogens with one attached hydrogen (secondary N) is 1. The lowest BCUT2D eigenvalue weighted by Crippen LogP contribution is -2.40. The van der Waals surface area contributed by atoms with E-state index in [1.54, 1.807) is 6.26 Å². The van der Waals surface area contributed by atoms with E-state index in [0.717, 1.165) is 37.8 Å². The predicted molar refractivity (Wildman–Crippen MR) is 89.1 cm³/mol. The Labute approximate surface area is 131 Å². The zero-order chi connectivity index (χ0) is 15.2. The van der Waals surface area contributed by atoms with Crippen LogP contribution < -0.4 is 5.32 Å². The summed E-state index contributed by atoms with van der Waals surface area (Å²) >= 11 is 0. The monoisotopic (exact) mass is 297 g/mol. The van der Waals surface area contributed by atoms with Crippen molar-refractivity contribution in [3.05, 3.63) is 60.1 Å². The minimum atomic E-state index is 0.602. The SMILES string of the molecule is CN=C(NCCc1ccco1)N1CCC(c2ccccc2)C1. The molecule has 4 heteroatoms. The van der Waals surface area contributed by atoms with Gasteiger partial charge in [-0.05, 0) is 24.1 Å². The van der Waals surface area contributed by atoms with Crippen LogP contribution in [0.1, 0.15) is 23.7 Å². The molecule has 0 bridgehead atoms. The van der Waals surface area contributed by atoms with Gasteiger partial charge in [0.25, 0.3) is 0 Å². The quantitative estimate of drug-likeness (QED) is 0.697. The van der Waals surface area contributed by atoms with Crippen LogP contribution >= 0.6 is 0 Å². The maximum atomic E-state index is 5.36. The van der Waals surface area contributed by atoms with Gasteiger partial charge in [0.1, 0.15) is 5.76 Å². The summed E-state index contributed by atoms with van der Waals surface area (Å²) in [6, 6.07) is 14.7. The Bertz CT molecular complexity index is 592. The molecule has 1 aliphatic rings. The summed E-state index contributed by atoms with van der Waals surface area (Å²) in [6.07, 6.45) is 3.78. The number of furan rings is 1. The Kier molecular flexibility index (Phi) is 4.78. The van der Waals surface area contributed by atoms with Gasteiger partial charge in [-0.3, -0.25) is 4.99 Å². The lowest BCUT2D eigenvalue weighted by molar-refractivity contribution is 0.477. The first-order valence-electron chi connectivity index (χ1n) is 7.90. The van der Waals surface area contributed by atoms with Gasteiger partial charge in [0.2, 0.25) is 0 Å². The second-order valence-corrected chi connectivity index (χ2v) is 5.65. The van der Waals surface area contributed by atoms with Crippen LogP contribution in [0.4, 0.5) is 0 Å². The molecular weight excluding hydrogens is 274 g/mol. The van der Waals surface area contributed by atoms with E-state index in [1.807, 2.05) is 19.2 Å². The largest absolute Gasteiger partial charge is 0.469 e. The Morgan fingerprint density at radius 2 is 2.14 bits per heavy atom. The number of aliphatic imine (C=N–C) groups is 1. The highest BCUT2D eigenvalue weighted by Crippen LogP contribution is 2.26. The van der Waals surface area contributed by atoms with Crippen LogP contribution in [-0.4, -0.2) is 37.5 Å². The van der Waals surface area contributed by atoms with E-state index in [1.165, 1.54) is 12.0 Å². The lowest BCUT2D eigenvalue weighted by atomic mass is 9.99. The lowest BCUT2D eigenvalue weighted by Gasteiger charge is -2.21. The molecule has 1 aromatic heterocycles. The van der Waals surface area contributed by atoms with Gasteiger partial charge in [-0.25, -0.2) is 0 Å². The molecule has 1 unspecified atom stereocenters. The topological polar surface area (TPSA) is 40.8 Å². The second kappa shape index (κ2) is 7.16. The molecule has 22 heavy (non-hydrogen) atoms. The van der Waals surface area contributed by atoms with Crippen molar-refractivity contribution in [2.24, 2.45) is 4.99 Å². The highest BCUT2D eigenvalue weighted by Gasteiger charge is 2.25. The minimum absolute atomic E-state index is 0.602. The molecule has 0 radical (unpaired) electrons. The van der Waals surface area contributed by atoms with E-state index in [9.17, 15) is 0 Å². The highest BCUT2D eigenvalue weighted by atomic mass is 16.3. The van der Waals surface area contributed by atoms with Crippen molar-refractivity contribution in [3.63, 3.8) is 0 Å². The van der Waals surface area contributed by atoms with Crippen molar-refractivity contribution < 1.29 is 4.42 Å². The molecule has 1 fully saturated rings. The molecule has 1 aliphatic heterocycles. The van der Waals surface area contributed by atoms with E-state index in [4.69, 9.17) is 4.42 Å². The van der Waals surface area contributed by atoms with Gasteiger partial charge < -0.3 is 14.6 Å². The molecule has 0 aliphatic carbocycles. The van der Waals surface area contributed by atoms with Crippen LogP contribution in [-0.2, 0) is 6.42 Å². The average Bonchev–Trinajstić information content (AvgIpc) is 3.24. The number of likely N-dealkylation sites (tertiary alicyclic amines) is 1. The second-order valence-electron chi connectivity index (χ2n) is 5.65. The van der Waals surface area contributed by atoms with Gasteiger partial charge in [-0.1, -0.05) is 30.3 Å². The summed E-state index contributed by atoms with van der Waals surface area (Å²) in [6.45, 7) is 2.93. The predicted octanol–water partition coefficient (Wildman–Crippen LogP) is 2.89. The fourth-order valence-corrected chi connectivity index (χ4v) is 3.03. The van der Waals surface area contributed by atoms with Crippen molar-refractivity contribution >= 4 is 5.96 Å². The summed E-state index contributed by atoms with van der Waals surface area (Å²) in [5.41, 5.74) is 1.43. The molecular formula is C18H23N3O. The highest BCUT2D eigenvalue weighted by molar-refractivity contribution is 5.80. The standard InChI is InChI=1S/C18H23N3O/c1-19-18(20-11-9-17-8-5-13-22-17)21-12-10-16(14-21)15-6-3-2-4-7-15/h2-8,13,16H,9-12,14H2,1H3,(H,19,20). The van der Waals surface area contributed by atoms with Gasteiger partial charge in [0.05, 0.1) is 6.26 Å². The van der Waals surface area contributed by atoms with Crippen LogP contribution in [0.2, 0.25) is 0 Å². The molecule has 0 spiro atoms. The maximum Gasteiger partial charge on any atom is 0.193 e. The van der Waals surface area contributed by atoms with E-state index >= 15 is 0 Å². The molecule has 1 saturated heterocycles. The molecule has 1 atom stereocenters. The van der Waals surface area contributed by atoms with Crippen molar-refractivity contribution in [2.45, 2.75) is 18.8 Å². The third-order valence-corrected chi connectivity index (χ3v) is 4.21. The zero-order valence-corrected chi connectivity index (χ0v) is 13.0. The van der Waals surface area contributed by atoms with Crippen molar-refractivity contribution in [3.8, 4) is 0 Å². The molecule has 2 aromatic rings. The first kappa shape index (κ1) is 14.7. The summed E-state index contributed by atoms with van der Waals surface area (Å²) < 4.78 is 5.36. The van der Waals surface area contributed by atoms with Gasteiger partial charge in [0.15, 0.2) is 5.96 Å². The van der Waals surface area contributed by atoms with E-state index in [-0.39, 0.29) is 0 Å². The molecule has 1 N–H and O–H groups in total. The van der Waals surface area contributed by atoms with E-state index in [0.29, 0.717) is 5.92 Å². The molecule has 0 saturated carbocycles. The maximum absolute atomic E-state index is 5.36. The van der Waals surface area contributed by atoms with E-state index in [2.05, 4.69) is 45.5 Å². The molecule has 116 valence electrons. The Balaban J connectivity index is 1.52. The molecule has 0 amide bonds. The third-order valence-electron chi connectivity index (χ3n) is 4.21. The van der Waals surface area contributed by atoms with Crippen molar-refractivity contribution in [2.75, 3.05) is 26.7 Å². The molecule has 3 rings (SSSR count). The first-order chi connectivity index (χ1) is 10.9.